The molecule has 0 spiro atoms. The van der Waals surface area contributed by atoms with E-state index >= 15 is 0 Å². The molecule has 0 aliphatic carbocycles. The van der Waals surface area contributed by atoms with Crippen LogP contribution in [0.15, 0.2) is 164 Å². The van der Waals surface area contributed by atoms with Crippen molar-refractivity contribution < 1.29 is 27.1 Å². The van der Waals surface area contributed by atoms with Crippen LogP contribution in [0.25, 0.3) is 32.7 Å². The molecular weight excluding hydrogens is 843 g/mol. The van der Waals surface area contributed by atoms with Gasteiger partial charge in [0.2, 0.25) is 0 Å². The first-order valence-corrected chi connectivity index (χ1v) is 24.7. The molecule has 0 radical (unpaired) electrons. The van der Waals surface area contributed by atoms with E-state index < -0.39 is 17.2 Å². The van der Waals surface area contributed by atoms with E-state index in [1.165, 1.54) is 0 Å². The predicted octanol–water partition coefficient (Wildman–Crippen LogP) is 18.0. The number of hydrogen-bond donors (Lipinski definition) is 0. The Morgan fingerprint density at radius 2 is 0.662 bits per heavy atom. The molecule has 0 aliphatic rings. The maximum Gasteiger partial charge on any atom is 0.530 e. The molecule has 0 atom stereocenters. The van der Waals surface area contributed by atoms with Gasteiger partial charge in [-0.1, -0.05) is 183 Å². The molecule has 0 bridgehead atoms. The topological polar surface area (TPSA) is 55.4 Å². The first-order chi connectivity index (χ1) is 31.5. The summed E-state index contributed by atoms with van der Waals surface area (Å²) in [5.74, 6) is 4.90. The average Bonchev–Trinajstić information content (AvgIpc) is 3.30. The molecule has 8 rings (SSSR count). The fourth-order valence-electron chi connectivity index (χ4n) is 8.17. The summed E-state index contributed by atoms with van der Waals surface area (Å²) in [5.41, 5.74) is 6.86. The summed E-state index contributed by atoms with van der Waals surface area (Å²) in [4.78, 5) is 0. The summed E-state index contributed by atoms with van der Waals surface area (Å²) in [5, 5.41) is 4.06. The highest BCUT2D eigenvalue weighted by molar-refractivity contribution is 7.43. The van der Waals surface area contributed by atoms with Gasteiger partial charge in [-0.3, -0.25) is 0 Å². The zero-order chi connectivity index (χ0) is 45.6. The van der Waals surface area contributed by atoms with E-state index in [1.54, 1.807) is 0 Å². The average molecular weight is 901 g/mol. The number of rotatable bonds is 17. The van der Waals surface area contributed by atoms with Crippen molar-refractivity contribution in [2.45, 2.75) is 86.0 Å². The van der Waals surface area contributed by atoms with E-state index in [1.807, 2.05) is 78.9 Å². The molecule has 8 aromatic rings. The van der Waals surface area contributed by atoms with Crippen molar-refractivity contribution in [3.05, 3.63) is 192 Å². The number of hydrogen-bond acceptors (Lipinski definition) is 6. The lowest BCUT2D eigenvalue weighted by Gasteiger charge is -2.26. The molecule has 0 aromatic heterocycles. The van der Waals surface area contributed by atoms with E-state index in [0.29, 0.717) is 34.5 Å². The van der Waals surface area contributed by atoms with Gasteiger partial charge in [0.05, 0.1) is 0 Å². The highest BCUT2D eigenvalue weighted by atomic mass is 31.2. The Morgan fingerprint density at radius 1 is 0.323 bits per heavy atom. The summed E-state index contributed by atoms with van der Waals surface area (Å²) in [7, 11) is -4.18. The molecule has 332 valence electrons. The Morgan fingerprint density at radius 3 is 1.09 bits per heavy atom. The third kappa shape index (κ3) is 10.3. The highest BCUT2D eigenvalue weighted by Crippen LogP contribution is 2.55. The van der Waals surface area contributed by atoms with Crippen LogP contribution in [0.5, 0.6) is 34.5 Å². The Balaban J connectivity index is 1.33. The van der Waals surface area contributed by atoms with Gasteiger partial charge in [-0.15, -0.1) is 0 Å². The molecule has 0 saturated carbocycles. The SMILES string of the molecule is Cc1cc2ccccc2c(-c2c(OP(Oc3ccccc3C(C)C)Oc3ccccc3C(C)C)ccc3ccccc23)c1OP(Oc1ccccc1C(C)C)Oc1ccccc1C(C)C. The fraction of sp³-hybridized carbons (Fsp3) is 0.228. The van der Waals surface area contributed by atoms with Crippen LogP contribution in [-0.4, -0.2) is 0 Å². The molecular formula is C57H58O6P2. The zero-order valence-corrected chi connectivity index (χ0v) is 40.5. The molecule has 65 heavy (non-hydrogen) atoms. The Hall–Kier alpha value is -6.06. The molecule has 0 saturated heterocycles. The Kier molecular flexibility index (Phi) is 14.3. The summed E-state index contributed by atoms with van der Waals surface area (Å²) >= 11 is 0. The van der Waals surface area contributed by atoms with Gasteiger partial charge in [0.25, 0.3) is 0 Å². The predicted molar refractivity (Wildman–Crippen MR) is 271 cm³/mol. The van der Waals surface area contributed by atoms with Crippen molar-refractivity contribution in [2.75, 3.05) is 0 Å². The standard InChI is InChI=1S/C57H58O6P2/c1-37(2)44-24-14-18-30-50(44)58-64(59-51-31-19-15-25-45(51)38(3)4)62-54-35-34-42-22-10-12-28-48(42)55(54)56-49-29-13-11-23-43(49)36-41(9)57(56)63-65(60-52-32-20-16-26-46(52)39(5)6)61-53-33-21-17-27-47(53)40(7)8/h10-40H,1-9H3. The molecule has 0 amide bonds. The zero-order valence-electron chi connectivity index (χ0n) is 38.7. The van der Waals surface area contributed by atoms with E-state index in [4.69, 9.17) is 27.1 Å². The van der Waals surface area contributed by atoms with E-state index in [2.05, 4.69) is 147 Å². The number of aryl methyl sites for hydroxylation is 1. The van der Waals surface area contributed by atoms with Gasteiger partial charge in [0.15, 0.2) is 0 Å². The fourth-order valence-corrected chi connectivity index (χ4v) is 10.4. The van der Waals surface area contributed by atoms with Crippen molar-refractivity contribution in [1.82, 2.24) is 0 Å². The second-order valence-electron chi connectivity index (χ2n) is 17.5. The van der Waals surface area contributed by atoms with Crippen LogP contribution < -0.4 is 27.1 Å². The molecule has 6 nitrogen and oxygen atoms in total. The van der Waals surface area contributed by atoms with Gasteiger partial charge >= 0.3 is 17.2 Å². The van der Waals surface area contributed by atoms with Gasteiger partial charge in [-0.05, 0) is 116 Å². The second-order valence-corrected chi connectivity index (χ2v) is 19.5. The summed E-state index contributed by atoms with van der Waals surface area (Å²) in [6.07, 6.45) is 0. The summed E-state index contributed by atoms with van der Waals surface area (Å²) in [6.45, 7) is 19.4. The normalized spacial score (nSPS) is 11.7. The first-order valence-electron chi connectivity index (χ1n) is 22.5. The van der Waals surface area contributed by atoms with Crippen molar-refractivity contribution >= 4 is 38.7 Å². The molecule has 8 heteroatoms. The van der Waals surface area contributed by atoms with Crippen molar-refractivity contribution in [3.8, 4) is 45.6 Å². The van der Waals surface area contributed by atoms with Crippen LogP contribution in [0.3, 0.4) is 0 Å². The van der Waals surface area contributed by atoms with Crippen LogP contribution >= 0.6 is 17.2 Å². The quantitative estimate of drug-likeness (QED) is 0.0849. The molecule has 0 unspecified atom stereocenters. The van der Waals surface area contributed by atoms with E-state index in [9.17, 15) is 0 Å². The van der Waals surface area contributed by atoms with Crippen LogP contribution in [0, 0.1) is 6.92 Å². The van der Waals surface area contributed by atoms with Crippen LogP contribution in [-0.2, 0) is 0 Å². The third-order valence-corrected chi connectivity index (χ3v) is 13.6. The van der Waals surface area contributed by atoms with Gasteiger partial charge in [-0.2, -0.15) is 0 Å². The third-order valence-electron chi connectivity index (χ3n) is 11.5. The van der Waals surface area contributed by atoms with Crippen LogP contribution in [0.1, 0.15) is 107 Å². The largest absolute Gasteiger partial charge is 0.530 e. The number of para-hydroxylation sites is 4. The second kappa shape index (κ2) is 20.4. The molecule has 0 heterocycles. The van der Waals surface area contributed by atoms with Gasteiger partial charge in [0.1, 0.15) is 34.5 Å². The van der Waals surface area contributed by atoms with Crippen LogP contribution in [0.4, 0.5) is 0 Å². The lowest BCUT2D eigenvalue weighted by Crippen LogP contribution is -2.08. The van der Waals surface area contributed by atoms with Gasteiger partial charge < -0.3 is 27.1 Å². The minimum absolute atomic E-state index is 0.207. The maximum absolute atomic E-state index is 7.31. The van der Waals surface area contributed by atoms with Crippen LogP contribution in [0.2, 0.25) is 0 Å². The highest BCUT2D eigenvalue weighted by Gasteiger charge is 2.31. The maximum atomic E-state index is 7.31. The Bertz CT molecular complexity index is 2800. The van der Waals surface area contributed by atoms with E-state index in [0.717, 1.165) is 60.5 Å². The molecule has 8 aromatic carbocycles. The van der Waals surface area contributed by atoms with Crippen molar-refractivity contribution in [1.29, 1.82) is 0 Å². The van der Waals surface area contributed by atoms with Crippen molar-refractivity contribution in [2.24, 2.45) is 0 Å². The summed E-state index contributed by atoms with van der Waals surface area (Å²) < 4.78 is 42.2. The summed E-state index contributed by atoms with van der Waals surface area (Å²) in [6, 6.07) is 55.6. The Labute approximate surface area is 387 Å². The lowest BCUT2D eigenvalue weighted by molar-refractivity contribution is 0.380. The monoisotopic (exact) mass is 900 g/mol. The minimum atomic E-state index is -2.09. The molecule has 0 aliphatic heterocycles. The minimum Gasteiger partial charge on any atom is -0.408 e. The van der Waals surface area contributed by atoms with Gasteiger partial charge in [0, 0.05) is 11.1 Å². The number of fused-ring (bicyclic) bond motifs is 2. The molecule has 0 fully saturated rings. The first kappa shape index (κ1) is 45.5. The number of benzene rings is 8. The smallest absolute Gasteiger partial charge is 0.408 e. The molecule has 0 N–H and O–H groups in total. The van der Waals surface area contributed by atoms with Gasteiger partial charge in [-0.25, -0.2) is 0 Å². The van der Waals surface area contributed by atoms with Crippen molar-refractivity contribution in [3.63, 3.8) is 0 Å². The lowest BCUT2D eigenvalue weighted by atomic mass is 9.91. The van der Waals surface area contributed by atoms with E-state index in [-0.39, 0.29) is 23.7 Å².